The van der Waals surface area contributed by atoms with Crippen LogP contribution < -0.4 is 10.1 Å². The summed E-state index contributed by atoms with van der Waals surface area (Å²) in [4.78, 5) is 20.2. The molecule has 0 saturated heterocycles. The summed E-state index contributed by atoms with van der Waals surface area (Å²) in [6, 6.07) is 10.2. The Bertz CT molecular complexity index is 1070. The molecule has 2 heterocycles. The van der Waals surface area contributed by atoms with Crippen molar-refractivity contribution in [3.63, 3.8) is 0 Å². The number of aromatic nitrogens is 3. The standard InChI is InChI=1S/C24H31N5O2/c1-15(2)29-23-20(13-26-29)19(12-21(27-23)16-6-7-16)24(30)25-14-22(28(3)4)17-8-10-18(31-5)11-9-17/h8-13,15-16,22H,6-7,14H2,1-5H3,(H,25,30)/t22-/m1/s1. The van der Waals surface area contributed by atoms with Crippen molar-refractivity contribution < 1.29 is 9.53 Å². The monoisotopic (exact) mass is 421 g/mol. The highest BCUT2D eigenvalue weighted by atomic mass is 16.5. The van der Waals surface area contributed by atoms with Gasteiger partial charge in [-0.3, -0.25) is 4.79 Å². The number of rotatable bonds is 8. The molecule has 2 aromatic heterocycles. The van der Waals surface area contributed by atoms with Gasteiger partial charge >= 0.3 is 0 Å². The molecule has 0 aliphatic heterocycles. The SMILES string of the molecule is COc1ccc([C@@H](CNC(=O)c2cc(C3CC3)nc3c2cnn3C(C)C)N(C)C)cc1. The first-order chi connectivity index (χ1) is 14.9. The lowest BCUT2D eigenvalue weighted by Gasteiger charge is -2.25. The summed E-state index contributed by atoms with van der Waals surface area (Å²) >= 11 is 0. The van der Waals surface area contributed by atoms with Gasteiger partial charge in [0.2, 0.25) is 0 Å². The predicted octanol–water partition coefficient (Wildman–Crippen LogP) is 3.93. The summed E-state index contributed by atoms with van der Waals surface area (Å²) in [7, 11) is 5.69. The number of nitrogens with zero attached hydrogens (tertiary/aromatic N) is 4. The van der Waals surface area contributed by atoms with Gasteiger partial charge in [-0.15, -0.1) is 0 Å². The van der Waals surface area contributed by atoms with Crippen molar-refractivity contribution in [3.05, 3.63) is 53.3 Å². The number of fused-ring (bicyclic) bond motifs is 1. The van der Waals surface area contributed by atoms with E-state index in [-0.39, 0.29) is 18.0 Å². The lowest BCUT2D eigenvalue weighted by atomic mass is 10.0. The van der Waals surface area contributed by atoms with Gasteiger partial charge in [-0.25, -0.2) is 9.67 Å². The van der Waals surface area contributed by atoms with E-state index in [1.54, 1.807) is 13.3 Å². The minimum atomic E-state index is -0.0852. The largest absolute Gasteiger partial charge is 0.497 e. The number of carbonyl (C=O) groups is 1. The molecule has 0 radical (unpaired) electrons. The first-order valence-electron chi connectivity index (χ1n) is 10.9. The molecule has 3 aromatic rings. The molecule has 7 heteroatoms. The number of methoxy groups -OCH3 is 1. The van der Waals surface area contributed by atoms with E-state index in [4.69, 9.17) is 9.72 Å². The normalized spacial score (nSPS) is 14.9. The average Bonchev–Trinajstić information content (AvgIpc) is 3.51. The third-order valence-electron chi connectivity index (χ3n) is 5.90. The van der Waals surface area contributed by atoms with Crippen LogP contribution in [-0.4, -0.2) is 53.3 Å². The molecule has 4 rings (SSSR count). The molecule has 1 saturated carbocycles. The number of hydrogen-bond acceptors (Lipinski definition) is 5. The van der Waals surface area contributed by atoms with E-state index < -0.39 is 0 Å². The van der Waals surface area contributed by atoms with Gasteiger partial charge in [-0.2, -0.15) is 5.10 Å². The number of ether oxygens (including phenoxy) is 1. The molecule has 1 aliphatic rings. The van der Waals surface area contributed by atoms with Crippen LogP contribution in [-0.2, 0) is 0 Å². The highest BCUT2D eigenvalue weighted by Gasteiger charge is 2.28. The van der Waals surface area contributed by atoms with Crippen LogP contribution in [0.5, 0.6) is 5.75 Å². The highest BCUT2D eigenvalue weighted by Crippen LogP contribution is 2.40. The fourth-order valence-corrected chi connectivity index (χ4v) is 3.90. The average molecular weight is 422 g/mol. The van der Waals surface area contributed by atoms with Crippen molar-refractivity contribution in [2.24, 2.45) is 0 Å². The van der Waals surface area contributed by atoms with Crippen molar-refractivity contribution in [1.82, 2.24) is 25.0 Å². The van der Waals surface area contributed by atoms with Crippen LogP contribution in [0.3, 0.4) is 0 Å². The van der Waals surface area contributed by atoms with Gasteiger partial charge in [-0.1, -0.05) is 12.1 Å². The van der Waals surface area contributed by atoms with Crippen LogP contribution in [0.4, 0.5) is 0 Å². The van der Waals surface area contributed by atoms with Crippen molar-refractivity contribution in [2.45, 2.75) is 44.7 Å². The molecule has 0 bridgehead atoms. The van der Waals surface area contributed by atoms with Gasteiger partial charge in [0.25, 0.3) is 5.91 Å². The Kier molecular flexibility index (Phi) is 5.96. The maximum Gasteiger partial charge on any atom is 0.252 e. The van der Waals surface area contributed by atoms with Crippen LogP contribution in [0.25, 0.3) is 11.0 Å². The Morgan fingerprint density at radius 2 is 1.97 bits per heavy atom. The van der Waals surface area contributed by atoms with Crippen molar-refractivity contribution in [1.29, 1.82) is 0 Å². The predicted molar refractivity (Wildman–Crippen MR) is 122 cm³/mol. The highest BCUT2D eigenvalue weighted by molar-refractivity contribution is 6.05. The Labute approximate surface area is 183 Å². The smallest absolute Gasteiger partial charge is 0.252 e. The number of amides is 1. The van der Waals surface area contributed by atoms with Crippen molar-refractivity contribution in [2.75, 3.05) is 27.7 Å². The minimum Gasteiger partial charge on any atom is -0.497 e. The summed E-state index contributed by atoms with van der Waals surface area (Å²) in [5.74, 6) is 1.19. The summed E-state index contributed by atoms with van der Waals surface area (Å²) < 4.78 is 7.16. The molecule has 1 fully saturated rings. The molecule has 0 spiro atoms. The van der Waals surface area contributed by atoms with Crippen LogP contribution in [0.2, 0.25) is 0 Å². The number of likely N-dealkylation sites (N-methyl/N-ethyl adjacent to an activating group) is 1. The Hall–Kier alpha value is -2.93. The van der Waals surface area contributed by atoms with E-state index in [0.717, 1.165) is 40.9 Å². The second kappa shape index (κ2) is 8.67. The zero-order chi connectivity index (χ0) is 22.1. The maximum absolute atomic E-state index is 13.3. The third-order valence-corrected chi connectivity index (χ3v) is 5.90. The van der Waals surface area contributed by atoms with Gasteiger partial charge in [0, 0.05) is 24.2 Å². The van der Waals surface area contributed by atoms with Crippen molar-refractivity contribution in [3.8, 4) is 5.75 Å². The summed E-state index contributed by atoms with van der Waals surface area (Å²) in [5.41, 5.74) is 3.58. The number of pyridine rings is 1. The number of nitrogens with one attached hydrogen (secondary N) is 1. The first kappa shape index (κ1) is 21.3. The fourth-order valence-electron chi connectivity index (χ4n) is 3.90. The van der Waals surface area contributed by atoms with Gasteiger partial charge in [0.15, 0.2) is 5.65 Å². The molecule has 1 aromatic carbocycles. The molecule has 164 valence electrons. The summed E-state index contributed by atoms with van der Waals surface area (Å²) in [5, 5.41) is 8.46. The Morgan fingerprint density at radius 3 is 2.55 bits per heavy atom. The van der Waals surface area contributed by atoms with Crippen LogP contribution in [0.15, 0.2) is 36.5 Å². The second-order valence-electron chi connectivity index (χ2n) is 8.75. The van der Waals surface area contributed by atoms with Crippen LogP contribution in [0, 0.1) is 0 Å². The zero-order valence-electron chi connectivity index (χ0n) is 18.9. The van der Waals surface area contributed by atoms with E-state index in [2.05, 4.69) is 29.2 Å². The van der Waals surface area contributed by atoms with Gasteiger partial charge in [-0.05, 0) is 64.5 Å². The summed E-state index contributed by atoms with van der Waals surface area (Å²) in [6.45, 7) is 4.65. The Balaban J connectivity index is 1.59. The van der Waals surface area contributed by atoms with Gasteiger partial charge in [0.05, 0.1) is 30.3 Å². The summed E-state index contributed by atoms with van der Waals surface area (Å²) in [6.07, 6.45) is 4.03. The first-order valence-corrected chi connectivity index (χ1v) is 10.9. The molecule has 31 heavy (non-hydrogen) atoms. The molecule has 1 N–H and O–H groups in total. The molecular formula is C24H31N5O2. The van der Waals surface area contributed by atoms with E-state index in [1.165, 1.54) is 0 Å². The van der Waals surface area contributed by atoms with Gasteiger partial charge < -0.3 is 15.0 Å². The maximum atomic E-state index is 13.3. The van der Waals surface area contributed by atoms with Crippen LogP contribution in [0.1, 0.15) is 66.3 Å². The lowest BCUT2D eigenvalue weighted by Crippen LogP contribution is -2.34. The lowest BCUT2D eigenvalue weighted by molar-refractivity contribution is 0.0943. The van der Waals surface area contributed by atoms with Crippen LogP contribution >= 0.6 is 0 Å². The number of benzene rings is 1. The minimum absolute atomic E-state index is 0.0495. The number of carbonyl (C=O) groups excluding carboxylic acids is 1. The topological polar surface area (TPSA) is 72.3 Å². The molecule has 1 aliphatic carbocycles. The van der Waals surface area contributed by atoms with Crippen molar-refractivity contribution >= 4 is 16.9 Å². The van der Waals surface area contributed by atoms with E-state index >= 15 is 0 Å². The van der Waals surface area contributed by atoms with E-state index in [9.17, 15) is 4.79 Å². The molecule has 1 atom stereocenters. The molecule has 7 nitrogen and oxygen atoms in total. The van der Waals surface area contributed by atoms with E-state index in [0.29, 0.717) is 18.0 Å². The quantitative estimate of drug-likeness (QED) is 0.597. The molecule has 1 amide bonds. The van der Waals surface area contributed by atoms with E-state index in [1.807, 2.05) is 49.1 Å². The molecule has 0 unspecified atom stereocenters. The van der Waals surface area contributed by atoms with Gasteiger partial charge in [0.1, 0.15) is 5.75 Å². The fraction of sp³-hybridized carbons (Fsp3) is 0.458. The molecular weight excluding hydrogens is 390 g/mol. The third kappa shape index (κ3) is 4.42. The number of hydrogen-bond donors (Lipinski definition) is 1. The zero-order valence-corrected chi connectivity index (χ0v) is 18.9. The Morgan fingerprint density at radius 1 is 1.26 bits per heavy atom. The second-order valence-corrected chi connectivity index (χ2v) is 8.75.